The van der Waals surface area contributed by atoms with Gasteiger partial charge in [0.15, 0.2) is 0 Å². The molecule has 1 N–H and O–H groups in total. The van der Waals surface area contributed by atoms with Gasteiger partial charge in [-0.2, -0.15) is 0 Å². The first-order valence-electron chi connectivity index (χ1n) is 8.33. The molecule has 8 heteroatoms. The number of nitrogens with zero attached hydrogens (tertiary/aromatic N) is 2. The van der Waals surface area contributed by atoms with E-state index in [0.717, 1.165) is 37.1 Å². The van der Waals surface area contributed by atoms with Gasteiger partial charge in [-0.1, -0.05) is 12.1 Å². The maximum Gasteiger partial charge on any atom is 0.350 e. The number of rotatable bonds is 5. The van der Waals surface area contributed by atoms with E-state index >= 15 is 0 Å². The molecule has 3 rings (SSSR count). The summed E-state index contributed by atoms with van der Waals surface area (Å²) in [6.45, 7) is 2.72. The van der Waals surface area contributed by atoms with Gasteiger partial charge >= 0.3 is 12.0 Å². The third kappa shape index (κ3) is 3.68. The van der Waals surface area contributed by atoms with Crippen molar-refractivity contribution >= 4 is 29.0 Å². The van der Waals surface area contributed by atoms with Crippen LogP contribution in [-0.2, 0) is 11.2 Å². The molecule has 1 unspecified atom stereocenters. The number of urea groups is 1. The molecule has 2 aromatic heterocycles. The van der Waals surface area contributed by atoms with E-state index in [1.807, 2.05) is 6.07 Å². The third-order valence-corrected chi connectivity index (χ3v) is 5.10. The molecule has 1 saturated heterocycles. The van der Waals surface area contributed by atoms with Gasteiger partial charge in [0.1, 0.15) is 16.3 Å². The fourth-order valence-electron chi connectivity index (χ4n) is 3.01. The molecule has 0 radical (unpaired) electrons. The second-order valence-electron chi connectivity index (χ2n) is 5.90. The largest absolute Gasteiger partial charge is 0.465 e. The van der Waals surface area contributed by atoms with E-state index < -0.39 is 5.97 Å². The number of methoxy groups -OCH3 is 1. The van der Waals surface area contributed by atoms with Gasteiger partial charge in [0.25, 0.3) is 0 Å². The zero-order valence-electron chi connectivity index (χ0n) is 14.3. The number of esters is 1. The molecule has 7 nitrogen and oxygen atoms in total. The van der Waals surface area contributed by atoms with E-state index in [0.29, 0.717) is 17.1 Å². The highest BCUT2D eigenvalue weighted by molar-refractivity contribution is 7.12. The highest BCUT2D eigenvalue weighted by Gasteiger charge is 2.33. The van der Waals surface area contributed by atoms with Crippen molar-refractivity contribution in [3.05, 3.63) is 33.8 Å². The molecular weight excluding hydrogens is 342 g/mol. The van der Waals surface area contributed by atoms with Crippen molar-refractivity contribution in [2.45, 2.75) is 38.6 Å². The van der Waals surface area contributed by atoms with Crippen LogP contribution < -0.4 is 5.32 Å². The summed E-state index contributed by atoms with van der Waals surface area (Å²) >= 11 is 1.24. The van der Waals surface area contributed by atoms with Gasteiger partial charge in [-0.15, -0.1) is 11.3 Å². The average molecular weight is 363 g/mol. The fourth-order valence-corrected chi connectivity index (χ4v) is 3.78. The minimum atomic E-state index is -0.455. The number of amides is 2. The van der Waals surface area contributed by atoms with Crippen LogP contribution in [0.1, 0.15) is 53.4 Å². The summed E-state index contributed by atoms with van der Waals surface area (Å²) in [6, 6.07) is 3.29. The van der Waals surface area contributed by atoms with Gasteiger partial charge < -0.3 is 19.5 Å². The van der Waals surface area contributed by atoms with Gasteiger partial charge in [0.2, 0.25) is 0 Å². The lowest BCUT2D eigenvalue weighted by molar-refractivity contribution is 0.0607. The van der Waals surface area contributed by atoms with Crippen molar-refractivity contribution in [3.63, 3.8) is 0 Å². The van der Waals surface area contributed by atoms with Crippen molar-refractivity contribution in [2.24, 2.45) is 0 Å². The molecule has 0 aromatic carbocycles. The highest BCUT2D eigenvalue weighted by atomic mass is 32.1. The summed E-state index contributed by atoms with van der Waals surface area (Å²) in [6.07, 6.45) is 3.57. The summed E-state index contributed by atoms with van der Waals surface area (Å²) < 4.78 is 10.1. The van der Waals surface area contributed by atoms with Gasteiger partial charge in [-0.05, 0) is 30.7 Å². The van der Waals surface area contributed by atoms with Crippen molar-refractivity contribution in [3.8, 4) is 0 Å². The lowest BCUT2D eigenvalue weighted by Crippen LogP contribution is -2.34. The lowest BCUT2D eigenvalue weighted by atomic mass is 10.1. The second-order valence-corrected chi connectivity index (χ2v) is 6.82. The Morgan fingerprint density at radius 3 is 3.12 bits per heavy atom. The number of aromatic nitrogens is 1. The predicted molar refractivity (Wildman–Crippen MR) is 93.9 cm³/mol. The van der Waals surface area contributed by atoms with Crippen LogP contribution in [-0.4, -0.2) is 35.7 Å². The second kappa shape index (κ2) is 7.69. The van der Waals surface area contributed by atoms with E-state index in [1.54, 1.807) is 16.3 Å². The standard InChI is InChI=1S/C17H21N3O4S/c1-3-5-11-10-13(19-24-11)14-6-4-8-20(14)17(22)18-12-7-9-25-15(12)16(21)23-2/h7,9-10,14H,3-6,8H2,1-2H3,(H,18,22). The Bertz CT molecular complexity index is 755. The third-order valence-electron chi connectivity index (χ3n) is 4.21. The number of ether oxygens (including phenoxy) is 1. The van der Waals surface area contributed by atoms with Crippen LogP contribution in [0.3, 0.4) is 0 Å². The molecule has 1 aliphatic heterocycles. The molecule has 25 heavy (non-hydrogen) atoms. The number of nitrogens with one attached hydrogen (secondary N) is 1. The van der Waals surface area contributed by atoms with Crippen molar-refractivity contribution in [1.82, 2.24) is 10.1 Å². The van der Waals surface area contributed by atoms with Crippen molar-refractivity contribution in [1.29, 1.82) is 0 Å². The van der Waals surface area contributed by atoms with Crippen LogP contribution in [0.2, 0.25) is 0 Å². The molecule has 0 bridgehead atoms. The van der Waals surface area contributed by atoms with E-state index in [-0.39, 0.29) is 12.1 Å². The van der Waals surface area contributed by atoms with E-state index in [2.05, 4.69) is 17.4 Å². The minimum absolute atomic E-state index is 0.102. The first kappa shape index (κ1) is 17.5. The van der Waals surface area contributed by atoms with Gasteiger partial charge in [0.05, 0.1) is 18.8 Å². The van der Waals surface area contributed by atoms with Crippen molar-refractivity contribution < 1.29 is 18.8 Å². The smallest absolute Gasteiger partial charge is 0.350 e. The monoisotopic (exact) mass is 363 g/mol. The first-order valence-corrected chi connectivity index (χ1v) is 9.21. The van der Waals surface area contributed by atoms with Crippen LogP contribution in [0, 0.1) is 0 Å². The van der Waals surface area contributed by atoms with Gasteiger partial charge in [-0.3, -0.25) is 0 Å². The summed E-state index contributed by atoms with van der Waals surface area (Å²) in [5, 5.41) is 8.70. The maximum atomic E-state index is 12.7. The van der Waals surface area contributed by atoms with Crippen LogP contribution in [0.4, 0.5) is 10.5 Å². The molecule has 2 amide bonds. The Hall–Kier alpha value is -2.35. The molecule has 3 heterocycles. The van der Waals surface area contributed by atoms with E-state index in [9.17, 15) is 9.59 Å². The number of carbonyl (C=O) groups is 2. The number of carbonyl (C=O) groups excluding carboxylic acids is 2. The predicted octanol–water partition coefficient (Wildman–Crippen LogP) is 3.84. The number of thiophene rings is 1. The highest BCUT2D eigenvalue weighted by Crippen LogP contribution is 2.33. The molecule has 1 fully saturated rings. The van der Waals surface area contributed by atoms with Gasteiger partial charge in [0, 0.05) is 19.0 Å². The average Bonchev–Trinajstić information content (AvgIpc) is 3.34. The summed E-state index contributed by atoms with van der Waals surface area (Å²) in [5.41, 5.74) is 1.26. The molecule has 0 aliphatic carbocycles. The maximum absolute atomic E-state index is 12.7. The zero-order chi connectivity index (χ0) is 17.8. The molecule has 0 saturated carbocycles. The zero-order valence-corrected chi connectivity index (χ0v) is 15.1. The number of hydrogen-bond donors (Lipinski definition) is 1. The SMILES string of the molecule is CCCc1cc(C2CCCN2C(=O)Nc2ccsc2C(=O)OC)no1. The van der Waals surface area contributed by atoms with E-state index in [1.165, 1.54) is 18.4 Å². The van der Waals surface area contributed by atoms with E-state index in [4.69, 9.17) is 9.26 Å². The molecule has 0 spiro atoms. The number of hydrogen-bond acceptors (Lipinski definition) is 6. The first-order chi connectivity index (χ1) is 12.1. The van der Waals surface area contributed by atoms with Gasteiger partial charge in [-0.25, -0.2) is 9.59 Å². The fraction of sp³-hybridized carbons (Fsp3) is 0.471. The molecule has 1 atom stereocenters. The van der Waals surface area contributed by atoms with Crippen LogP contribution >= 0.6 is 11.3 Å². The Labute approximate surface area is 149 Å². The molecule has 1 aliphatic rings. The van der Waals surface area contributed by atoms with Crippen molar-refractivity contribution in [2.75, 3.05) is 19.0 Å². The molecular formula is C17H21N3O4S. The summed E-state index contributed by atoms with van der Waals surface area (Å²) in [7, 11) is 1.32. The summed E-state index contributed by atoms with van der Waals surface area (Å²) in [4.78, 5) is 26.6. The Morgan fingerprint density at radius 2 is 2.36 bits per heavy atom. The quantitative estimate of drug-likeness (QED) is 0.816. The van der Waals surface area contributed by atoms with Crippen LogP contribution in [0.25, 0.3) is 0 Å². The number of anilines is 1. The molecule has 134 valence electrons. The summed E-state index contributed by atoms with van der Waals surface area (Å²) in [5.74, 6) is 0.388. The molecule has 2 aromatic rings. The number of likely N-dealkylation sites (tertiary alicyclic amines) is 1. The van der Waals surface area contributed by atoms with Crippen LogP contribution in [0.5, 0.6) is 0 Å². The van der Waals surface area contributed by atoms with Crippen LogP contribution in [0.15, 0.2) is 22.0 Å². The lowest BCUT2D eigenvalue weighted by Gasteiger charge is -2.23. The Kier molecular flexibility index (Phi) is 5.37. The minimum Gasteiger partial charge on any atom is -0.465 e. The Balaban J connectivity index is 1.72. The Morgan fingerprint density at radius 1 is 1.52 bits per heavy atom. The topological polar surface area (TPSA) is 84.7 Å². The normalized spacial score (nSPS) is 16.9. The number of aryl methyl sites for hydroxylation is 1.